The third kappa shape index (κ3) is 4.74. The Morgan fingerprint density at radius 1 is 1.23 bits per heavy atom. The van der Waals surface area contributed by atoms with Gasteiger partial charge in [-0.3, -0.25) is 4.79 Å². The number of aliphatic hydroxyl groups excluding tert-OH is 1. The van der Waals surface area contributed by atoms with E-state index in [1.165, 1.54) is 0 Å². The molecule has 2 aromatic carbocycles. The van der Waals surface area contributed by atoms with Crippen LogP contribution in [0.15, 0.2) is 66.9 Å². The predicted molar refractivity (Wildman–Crippen MR) is 102 cm³/mol. The van der Waals surface area contributed by atoms with Gasteiger partial charge in [-0.1, -0.05) is 49.1 Å². The zero-order chi connectivity index (χ0) is 19.1. The Morgan fingerprint density at radius 2 is 1.96 bits per heavy atom. The van der Waals surface area contributed by atoms with Crippen LogP contribution in [0.4, 0.5) is 0 Å². The average Bonchev–Trinajstić information content (AvgIpc) is 2.63. The number of carboxylic acids is 1. The van der Waals surface area contributed by atoms with Gasteiger partial charge < -0.3 is 20.7 Å². The SMILES string of the molecule is C=C/C(=C(/O)C(C)Oc1ccccc1CC(=O)O)c1cccc(CN)c1. The largest absolute Gasteiger partial charge is 0.508 e. The van der Waals surface area contributed by atoms with E-state index in [1.807, 2.05) is 24.3 Å². The highest BCUT2D eigenvalue weighted by Gasteiger charge is 2.17. The Balaban J connectivity index is 2.32. The molecule has 5 heteroatoms. The molecule has 0 radical (unpaired) electrons. The van der Waals surface area contributed by atoms with Crippen LogP contribution in [0.3, 0.4) is 0 Å². The number of carboxylic acid groups (broad SMARTS) is 1. The first-order valence-electron chi connectivity index (χ1n) is 8.27. The van der Waals surface area contributed by atoms with Gasteiger partial charge in [0, 0.05) is 17.7 Å². The fourth-order valence-corrected chi connectivity index (χ4v) is 2.63. The van der Waals surface area contributed by atoms with E-state index in [4.69, 9.17) is 15.6 Å². The lowest BCUT2D eigenvalue weighted by Crippen LogP contribution is -2.17. The summed E-state index contributed by atoms with van der Waals surface area (Å²) in [4.78, 5) is 11.0. The van der Waals surface area contributed by atoms with Crippen molar-refractivity contribution >= 4 is 11.5 Å². The van der Waals surface area contributed by atoms with Crippen molar-refractivity contribution in [3.63, 3.8) is 0 Å². The van der Waals surface area contributed by atoms with Gasteiger partial charge in [0.1, 0.15) is 11.5 Å². The Hall–Kier alpha value is -3.05. The minimum absolute atomic E-state index is 0.0132. The van der Waals surface area contributed by atoms with Crippen molar-refractivity contribution in [3.05, 3.63) is 83.6 Å². The lowest BCUT2D eigenvalue weighted by molar-refractivity contribution is -0.136. The average molecular weight is 353 g/mol. The first-order chi connectivity index (χ1) is 12.5. The lowest BCUT2D eigenvalue weighted by Gasteiger charge is -2.19. The van der Waals surface area contributed by atoms with Gasteiger partial charge in [0.05, 0.1) is 6.42 Å². The number of rotatable bonds is 8. The van der Waals surface area contributed by atoms with Crippen molar-refractivity contribution in [2.45, 2.75) is 26.0 Å². The van der Waals surface area contributed by atoms with Crippen molar-refractivity contribution < 1.29 is 19.7 Å². The number of aliphatic hydroxyl groups is 1. The predicted octanol–water partition coefficient (Wildman–Crippen LogP) is 3.70. The molecule has 1 unspecified atom stereocenters. The summed E-state index contributed by atoms with van der Waals surface area (Å²) in [5.74, 6) is -0.508. The van der Waals surface area contributed by atoms with Crippen molar-refractivity contribution in [1.29, 1.82) is 0 Å². The molecule has 0 aliphatic rings. The minimum Gasteiger partial charge on any atom is -0.508 e. The van der Waals surface area contributed by atoms with E-state index in [1.54, 1.807) is 37.3 Å². The molecular weight excluding hydrogens is 330 g/mol. The second kappa shape index (κ2) is 8.87. The summed E-state index contributed by atoms with van der Waals surface area (Å²) in [6, 6.07) is 14.4. The second-order valence-corrected chi connectivity index (χ2v) is 5.85. The summed E-state index contributed by atoms with van der Waals surface area (Å²) in [7, 11) is 0. The van der Waals surface area contributed by atoms with Crippen LogP contribution < -0.4 is 10.5 Å². The van der Waals surface area contributed by atoms with Crippen LogP contribution >= 0.6 is 0 Å². The van der Waals surface area contributed by atoms with Gasteiger partial charge in [0.2, 0.25) is 0 Å². The summed E-state index contributed by atoms with van der Waals surface area (Å²) in [6.07, 6.45) is 0.730. The highest BCUT2D eigenvalue weighted by molar-refractivity contribution is 5.76. The Bertz CT molecular complexity index is 826. The van der Waals surface area contributed by atoms with E-state index >= 15 is 0 Å². The van der Waals surface area contributed by atoms with Crippen molar-refractivity contribution in [2.75, 3.05) is 0 Å². The molecule has 0 saturated carbocycles. The third-order valence-corrected chi connectivity index (χ3v) is 3.96. The number of hydrogen-bond acceptors (Lipinski definition) is 4. The van der Waals surface area contributed by atoms with Crippen LogP contribution in [0.5, 0.6) is 5.75 Å². The summed E-state index contributed by atoms with van der Waals surface area (Å²) < 4.78 is 5.83. The van der Waals surface area contributed by atoms with Crippen LogP contribution in [0, 0.1) is 0 Å². The summed E-state index contributed by atoms with van der Waals surface area (Å²) >= 11 is 0. The van der Waals surface area contributed by atoms with Crippen molar-refractivity contribution in [1.82, 2.24) is 0 Å². The van der Waals surface area contributed by atoms with Gasteiger partial charge in [-0.25, -0.2) is 0 Å². The van der Waals surface area contributed by atoms with E-state index in [2.05, 4.69) is 6.58 Å². The summed E-state index contributed by atoms with van der Waals surface area (Å²) in [5.41, 5.74) is 8.50. The topological polar surface area (TPSA) is 92.8 Å². The molecule has 0 saturated heterocycles. The number of carbonyl (C=O) groups is 1. The monoisotopic (exact) mass is 353 g/mol. The normalized spacial score (nSPS) is 12.8. The lowest BCUT2D eigenvalue weighted by atomic mass is 10.0. The Labute approximate surface area is 153 Å². The molecule has 2 rings (SSSR count). The molecular formula is C21H23NO4. The first kappa shape index (κ1) is 19.3. The van der Waals surface area contributed by atoms with Crippen LogP contribution in [-0.4, -0.2) is 22.3 Å². The van der Waals surface area contributed by atoms with E-state index in [0.717, 1.165) is 11.1 Å². The molecule has 26 heavy (non-hydrogen) atoms. The van der Waals surface area contributed by atoms with Crippen LogP contribution in [0.25, 0.3) is 5.57 Å². The molecule has 1 atom stereocenters. The van der Waals surface area contributed by atoms with Crippen molar-refractivity contribution in [2.24, 2.45) is 5.73 Å². The van der Waals surface area contributed by atoms with Gasteiger partial charge in [-0.05, 0) is 30.2 Å². The number of benzene rings is 2. The maximum Gasteiger partial charge on any atom is 0.307 e. The number of aliphatic carboxylic acids is 1. The molecule has 2 aromatic rings. The van der Waals surface area contributed by atoms with Crippen molar-refractivity contribution in [3.8, 4) is 5.75 Å². The zero-order valence-corrected chi connectivity index (χ0v) is 14.7. The summed E-state index contributed by atoms with van der Waals surface area (Å²) in [5, 5.41) is 19.7. The van der Waals surface area contributed by atoms with E-state index in [-0.39, 0.29) is 12.2 Å². The number of para-hydroxylation sites is 1. The molecule has 0 aromatic heterocycles. The molecule has 5 nitrogen and oxygen atoms in total. The van der Waals surface area contributed by atoms with Gasteiger partial charge in [-0.15, -0.1) is 0 Å². The Morgan fingerprint density at radius 3 is 2.62 bits per heavy atom. The van der Waals surface area contributed by atoms with E-state index in [9.17, 15) is 9.90 Å². The van der Waals surface area contributed by atoms with E-state index in [0.29, 0.717) is 23.4 Å². The quantitative estimate of drug-likeness (QED) is 0.497. The minimum atomic E-state index is -0.946. The molecule has 0 amide bonds. The number of hydrogen-bond donors (Lipinski definition) is 3. The summed E-state index contributed by atoms with van der Waals surface area (Å²) in [6.45, 7) is 5.87. The Kier molecular flexibility index (Phi) is 6.58. The van der Waals surface area contributed by atoms with Gasteiger partial charge in [0.25, 0.3) is 0 Å². The molecule has 0 spiro atoms. The number of allylic oxidation sites excluding steroid dienone is 2. The molecule has 0 bridgehead atoms. The maximum absolute atomic E-state index is 11.0. The molecule has 4 N–H and O–H groups in total. The molecule has 0 heterocycles. The van der Waals surface area contributed by atoms with Crippen LogP contribution in [0.2, 0.25) is 0 Å². The van der Waals surface area contributed by atoms with E-state index < -0.39 is 12.1 Å². The standard InChI is InChI=1S/C21H23NO4/c1-3-18(16-9-6-7-15(11-16)13-22)21(25)14(2)26-19-10-5-4-8-17(19)12-20(23)24/h3-11,14,25H,1,12-13,22H2,2H3,(H,23,24)/b21-18-. The zero-order valence-electron chi connectivity index (χ0n) is 14.7. The van der Waals surface area contributed by atoms with Crippen LogP contribution in [0.1, 0.15) is 23.6 Å². The second-order valence-electron chi connectivity index (χ2n) is 5.85. The highest BCUT2D eigenvalue weighted by Crippen LogP contribution is 2.26. The van der Waals surface area contributed by atoms with Gasteiger partial charge in [0.15, 0.2) is 6.10 Å². The van der Waals surface area contributed by atoms with Crippen LogP contribution in [-0.2, 0) is 17.8 Å². The molecule has 0 aliphatic carbocycles. The molecule has 136 valence electrons. The fraction of sp³-hybridized carbons (Fsp3) is 0.190. The maximum atomic E-state index is 11.0. The van der Waals surface area contributed by atoms with Gasteiger partial charge in [-0.2, -0.15) is 0 Å². The highest BCUT2D eigenvalue weighted by atomic mass is 16.5. The number of ether oxygens (including phenoxy) is 1. The number of nitrogens with two attached hydrogens (primary N) is 1. The first-order valence-corrected chi connectivity index (χ1v) is 8.27. The molecule has 0 aliphatic heterocycles. The molecule has 0 fully saturated rings. The third-order valence-electron chi connectivity index (χ3n) is 3.96. The fourth-order valence-electron chi connectivity index (χ4n) is 2.63. The smallest absolute Gasteiger partial charge is 0.307 e. The van der Waals surface area contributed by atoms with Gasteiger partial charge >= 0.3 is 5.97 Å².